The molecule has 0 bridgehead atoms. The van der Waals surface area contributed by atoms with Crippen molar-refractivity contribution in [3.8, 4) is 17.1 Å². The lowest BCUT2D eigenvalue weighted by molar-refractivity contribution is -0.113. The molecule has 158 valence electrons. The molecule has 0 unspecified atom stereocenters. The van der Waals surface area contributed by atoms with Gasteiger partial charge in [0.15, 0.2) is 16.1 Å². The number of nitrogens with zero attached hydrogens (tertiary/aromatic N) is 5. The van der Waals surface area contributed by atoms with Crippen molar-refractivity contribution < 1.29 is 4.79 Å². The van der Waals surface area contributed by atoms with Gasteiger partial charge in [-0.2, -0.15) is 0 Å². The molecule has 3 heterocycles. The maximum absolute atomic E-state index is 12.6. The van der Waals surface area contributed by atoms with E-state index in [2.05, 4.69) is 41.4 Å². The van der Waals surface area contributed by atoms with Crippen molar-refractivity contribution in [1.82, 2.24) is 24.7 Å². The Kier molecular flexibility index (Phi) is 5.97. The molecular formula is C22H15BrN6OS2. The Labute approximate surface area is 200 Å². The first-order valence-corrected chi connectivity index (χ1v) is 12.2. The number of carbonyl (C=O) groups excluding carboxylic acids is 1. The van der Waals surface area contributed by atoms with Crippen LogP contribution in [0.5, 0.6) is 0 Å². The maximum atomic E-state index is 12.6. The molecule has 1 amide bonds. The summed E-state index contributed by atoms with van der Waals surface area (Å²) in [5.41, 5.74) is 2.67. The number of amides is 1. The van der Waals surface area contributed by atoms with E-state index in [0.29, 0.717) is 16.1 Å². The standard InChI is InChI=1S/C22H15BrN6OS2/c23-15-6-7-17-18(12-15)32-21(25-17)26-19(30)13-31-22-28-27-20(14-8-10-24-11-9-14)29(22)16-4-2-1-3-5-16/h1-12H,13H2,(H,25,26,30). The molecule has 10 heteroatoms. The zero-order chi connectivity index (χ0) is 21.9. The lowest BCUT2D eigenvalue weighted by Crippen LogP contribution is -2.14. The van der Waals surface area contributed by atoms with Gasteiger partial charge in [0.2, 0.25) is 5.91 Å². The van der Waals surface area contributed by atoms with Crippen LogP contribution in [0.15, 0.2) is 82.7 Å². The van der Waals surface area contributed by atoms with E-state index >= 15 is 0 Å². The van der Waals surface area contributed by atoms with Gasteiger partial charge >= 0.3 is 0 Å². The van der Waals surface area contributed by atoms with Gasteiger partial charge in [0.25, 0.3) is 0 Å². The van der Waals surface area contributed by atoms with Crippen LogP contribution in [0, 0.1) is 0 Å². The number of rotatable bonds is 6. The van der Waals surface area contributed by atoms with Crippen molar-refractivity contribution in [2.75, 3.05) is 11.1 Å². The van der Waals surface area contributed by atoms with Crippen LogP contribution in [0.25, 0.3) is 27.3 Å². The van der Waals surface area contributed by atoms with Crippen LogP contribution in [-0.4, -0.2) is 36.4 Å². The molecule has 5 aromatic rings. The van der Waals surface area contributed by atoms with Crippen LogP contribution in [0.1, 0.15) is 0 Å². The smallest absolute Gasteiger partial charge is 0.236 e. The van der Waals surface area contributed by atoms with E-state index in [1.54, 1.807) is 12.4 Å². The summed E-state index contributed by atoms with van der Waals surface area (Å²) >= 11 is 6.22. The van der Waals surface area contributed by atoms with E-state index in [1.807, 2.05) is 65.2 Å². The summed E-state index contributed by atoms with van der Waals surface area (Å²) in [5, 5.41) is 12.8. The molecule has 32 heavy (non-hydrogen) atoms. The van der Waals surface area contributed by atoms with Gasteiger partial charge in [-0.15, -0.1) is 10.2 Å². The summed E-state index contributed by atoms with van der Waals surface area (Å²) in [6.45, 7) is 0. The van der Waals surface area contributed by atoms with Crippen molar-refractivity contribution in [2.45, 2.75) is 5.16 Å². The molecular weight excluding hydrogens is 508 g/mol. The molecule has 0 radical (unpaired) electrons. The van der Waals surface area contributed by atoms with Gasteiger partial charge in [-0.3, -0.25) is 14.3 Å². The number of anilines is 1. The fraction of sp³-hybridized carbons (Fsp3) is 0.0455. The Balaban J connectivity index is 1.36. The summed E-state index contributed by atoms with van der Waals surface area (Å²) < 4.78 is 3.93. The number of halogens is 1. The topological polar surface area (TPSA) is 85.6 Å². The number of nitrogens with one attached hydrogen (secondary N) is 1. The second kappa shape index (κ2) is 9.19. The van der Waals surface area contributed by atoms with Crippen LogP contribution < -0.4 is 5.32 Å². The molecule has 2 aromatic carbocycles. The first kappa shape index (κ1) is 20.8. The van der Waals surface area contributed by atoms with Gasteiger partial charge in [-0.1, -0.05) is 57.2 Å². The zero-order valence-corrected chi connectivity index (χ0v) is 19.7. The second-order valence-corrected chi connectivity index (χ2v) is 9.57. The molecule has 3 aromatic heterocycles. The summed E-state index contributed by atoms with van der Waals surface area (Å²) in [5.74, 6) is 0.723. The lowest BCUT2D eigenvalue weighted by Gasteiger charge is -2.10. The number of pyridine rings is 1. The normalized spacial score (nSPS) is 11.0. The highest BCUT2D eigenvalue weighted by molar-refractivity contribution is 9.10. The number of benzene rings is 2. The van der Waals surface area contributed by atoms with Gasteiger partial charge in [-0.25, -0.2) is 4.98 Å². The summed E-state index contributed by atoms with van der Waals surface area (Å²) in [6, 6.07) is 19.4. The van der Waals surface area contributed by atoms with E-state index in [0.717, 1.165) is 25.9 Å². The molecule has 0 spiro atoms. The van der Waals surface area contributed by atoms with Gasteiger partial charge in [0, 0.05) is 28.1 Å². The Morgan fingerprint density at radius 2 is 1.88 bits per heavy atom. The van der Waals surface area contributed by atoms with Crippen molar-refractivity contribution in [3.63, 3.8) is 0 Å². The highest BCUT2D eigenvalue weighted by Crippen LogP contribution is 2.30. The number of para-hydroxylation sites is 1. The molecule has 0 aliphatic carbocycles. The van der Waals surface area contributed by atoms with Gasteiger partial charge in [-0.05, 0) is 42.5 Å². The third-order valence-corrected chi connectivity index (χ3v) is 6.87. The highest BCUT2D eigenvalue weighted by atomic mass is 79.9. The third kappa shape index (κ3) is 4.43. The monoisotopic (exact) mass is 522 g/mol. The predicted molar refractivity (Wildman–Crippen MR) is 131 cm³/mol. The average Bonchev–Trinajstić information content (AvgIpc) is 3.42. The number of hydrogen-bond donors (Lipinski definition) is 1. The summed E-state index contributed by atoms with van der Waals surface area (Å²) in [7, 11) is 0. The van der Waals surface area contributed by atoms with E-state index in [9.17, 15) is 4.79 Å². The SMILES string of the molecule is O=C(CSc1nnc(-c2ccncc2)n1-c1ccccc1)Nc1nc2ccc(Br)cc2s1. The number of thiazole rings is 1. The van der Waals surface area contributed by atoms with Crippen molar-refractivity contribution in [2.24, 2.45) is 0 Å². The van der Waals surface area contributed by atoms with Crippen molar-refractivity contribution in [3.05, 3.63) is 77.5 Å². The zero-order valence-electron chi connectivity index (χ0n) is 16.5. The Hall–Kier alpha value is -3.08. The molecule has 0 atom stereocenters. The van der Waals surface area contributed by atoms with Crippen LogP contribution in [0.4, 0.5) is 5.13 Å². The molecule has 0 aliphatic rings. The molecule has 0 aliphatic heterocycles. The van der Waals surface area contributed by atoms with Crippen LogP contribution in [-0.2, 0) is 4.79 Å². The minimum Gasteiger partial charge on any atom is -0.301 e. The number of carbonyl (C=O) groups is 1. The highest BCUT2D eigenvalue weighted by Gasteiger charge is 2.17. The minimum absolute atomic E-state index is 0.152. The Morgan fingerprint density at radius 1 is 1.06 bits per heavy atom. The van der Waals surface area contributed by atoms with E-state index in [1.165, 1.54) is 23.1 Å². The minimum atomic E-state index is -0.152. The molecule has 7 nitrogen and oxygen atoms in total. The van der Waals surface area contributed by atoms with Gasteiger partial charge in [0.1, 0.15) is 0 Å². The second-order valence-electron chi connectivity index (χ2n) is 6.68. The van der Waals surface area contributed by atoms with Gasteiger partial charge < -0.3 is 5.32 Å². The van der Waals surface area contributed by atoms with Gasteiger partial charge in [0.05, 0.1) is 16.0 Å². The Bertz CT molecular complexity index is 1390. The first-order chi connectivity index (χ1) is 15.7. The molecule has 0 saturated carbocycles. The van der Waals surface area contributed by atoms with Crippen molar-refractivity contribution in [1.29, 1.82) is 0 Å². The molecule has 0 fully saturated rings. The third-order valence-electron chi connectivity index (χ3n) is 4.52. The first-order valence-electron chi connectivity index (χ1n) is 9.57. The average molecular weight is 523 g/mol. The van der Waals surface area contributed by atoms with Crippen LogP contribution >= 0.6 is 39.0 Å². The van der Waals surface area contributed by atoms with E-state index < -0.39 is 0 Å². The Morgan fingerprint density at radius 3 is 2.69 bits per heavy atom. The summed E-state index contributed by atoms with van der Waals surface area (Å²) in [6.07, 6.45) is 3.44. The predicted octanol–water partition coefficient (Wildman–Crippen LogP) is 5.43. The fourth-order valence-corrected chi connectivity index (χ4v) is 5.28. The molecule has 0 saturated heterocycles. The van der Waals surface area contributed by atoms with E-state index in [-0.39, 0.29) is 11.7 Å². The molecule has 1 N–H and O–H groups in total. The quantitative estimate of drug-likeness (QED) is 0.299. The number of hydrogen-bond acceptors (Lipinski definition) is 7. The van der Waals surface area contributed by atoms with Crippen molar-refractivity contribution >= 4 is 60.3 Å². The van der Waals surface area contributed by atoms with Crippen LogP contribution in [0.3, 0.4) is 0 Å². The molecule has 5 rings (SSSR count). The van der Waals surface area contributed by atoms with Crippen LogP contribution in [0.2, 0.25) is 0 Å². The maximum Gasteiger partial charge on any atom is 0.236 e. The number of thioether (sulfide) groups is 1. The fourth-order valence-electron chi connectivity index (χ4n) is 3.10. The summed E-state index contributed by atoms with van der Waals surface area (Å²) in [4.78, 5) is 21.2. The lowest BCUT2D eigenvalue weighted by atomic mass is 10.2. The largest absolute Gasteiger partial charge is 0.301 e. The number of aromatic nitrogens is 5. The van der Waals surface area contributed by atoms with E-state index in [4.69, 9.17) is 0 Å². The number of fused-ring (bicyclic) bond motifs is 1.